The number of nitro benzene ring substituents is 1. The molecule has 0 atom stereocenters. The zero-order valence-corrected chi connectivity index (χ0v) is 14.9. The molecule has 0 aliphatic rings. The fraction of sp³-hybridized carbons (Fsp3) is 0.0526. The van der Waals surface area contributed by atoms with Gasteiger partial charge in [0.05, 0.1) is 26.5 Å². The second-order valence-electron chi connectivity index (χ2n) is 5.56. The number of carbonyl (C=O) groups excluding carboxylic acids is 1. The van der Waals surface area contributed by atoms with Gasteiger partial charge in [-0.1, -0.05) is 30.0 Å². The normalized spacial score (nSPS) is 10.6. The first-order valence-electron chi connectivity index (χ1n) is 7.76. The standard InChI is InChI=1S/C19H13NO6S/c1-11-16(8-9-26-11)27-17-7-6-12(10-15(17)20(24)25)18(21)13-4-2-3-5-14(13)19(22)23/h2-10H,1H3,(H,22,23). The third-order valence-corrected chi connectivity index (χ3v) is 5.06. The fourth-order valence-corrected chi connectivity index (χ4v) is 3.43. The predicted molar refractivity (Wildman–Crippen MR) is 97.5 cm³/mol. The number of carboxylic acids is 1. The molecule has 1 aromatic heterocycles. The summed E-state index contributed by atoms with van der Waals surface area (Å²) >= 11 is 1.16. The Morgan fingerprint density at radius 3 is 2.37 bits per heavy atom. The summed E-state index contributed by atoms with van der Waals surface area (Å²) in [6, 6.07) is 11.5. The molecule has 0 bridgehead atoms. The van der Waals surface area contributed by atoms with Crippen LogP contribution in [-0.4, -0.2) is 21.8 Å². The second kappa shape index (κ2) is 7.46. The molecular weight excluding hydrogens is 370 g/mol. The molecular formula is C19H13NO6S. The van der Waals surface area contributed by atoms with Crippen molar-refractivity contribution >= 4 is 29.2 Å². The van der Waals surface area contributed by atoms with E-state index in [-0.39, 0.29) is 22.4 Å². The minimum Gasteiger partial charge on any atom is -0.478 e. The second-order valence-corrected chi connectivity index (χ2v) is 6.65. The third kappa shape index (κ3) is 3.75. The monoisotopic (exact) mass is 383 g/mol. The largest absolute Gasteiger partial charge is 0.478 e. The van der Waals surface area contributed by atoms with E-state index in [2.05, 4.69) is 0 Å². The van der Waals surface area contributed by atoms with E-state index < -0.39 is 16.7 Å². The molecule has 136 valence electrons. The van der Waals surface area contributed by atoms with Gasteiger partial charge in [-0.3, -0.25) is 14.9 Å². The zero-order chi connectivity index (χ0) is 19.6. The van der Waals surface area contributed by atoms with E-state index >= 15 is 0 Å². The molecule has 0 radical (unpaired) electrons. The van der Waals surface area contributed by atoms with Gasteiger partial charge in [-0.25, -0.2) is 4.79 Å². The number of rotatable bonds is 6. The average molecular weight is 383 g/mol. The quantitative estimate of drug-likeness (QED) is 0.377. The molecule has 1 N–H and O–H groups in total. The maximum Gasteiger partial charge on any atom is 0.336 e. The van der Waals surface area contributed by atoms with Crippen molar-refractivity contribution in [3.8, 4) is 0 Å². The molecule has 0 fully saturated rings. The summed E-state index contributed by atoms with van der Waals surface area (Å²) in [4.78, 5) is 36.0. The summed E-state index contributed by atoms with van der Waals surface area (Å²) in [6.07, 6.45) is 1.49. The van der Waals surface area contributed by atoms with Crippen molar-refractivity contribution in [2.45, 2.75) is 16.7 Å². The highest BCUT2D eigenvalue weighted by atomic mass is 32.2. The van der Waals surface area contributed by atoms with Gasteiger partial charge in [0.15, 0.2) is 5.78 Å². The molecule has 0 spiro atoms. The van der Waals surface area contributed by atoms with Crippen molar-refractivity contribution in [2.24, 2.45) is 0 Å². The summed E-state index contributed by atoms with van der Waals surface area (Å²) in [5, 5.41) is 20.7. The lowest BCUT2D eigenvalue weighted by atomic mass is 9.98. The number of carboxylic acid groups (broad SMARTS) is 1. The lowest BCUT2D eigenvalue weighted by Gasteiger charge is -2.07. The molecule has 0 saturated heterocycles. The van der Waals surface area contributed by atoms with Crippen LogP contribution in [-0.2, 0) is 0 Å². The molecule has 3 rings (SSSR count). The third-order valence-electron chi connectivity index (χ3n) is 3.85. The van der Waals surface area contributed by atoms with E-state index in [1.165, 1.54) is 42.7 Å². The summed E-state index contributed by atoms with van der Waals surface area (Å²) in [6.45, 7) is 1.74. The van der Waals surface area contributed by atoms with Crippen molar-refractivity contribution in [2.75, 3.05) is 0 Å². The molecule has 0 amide bonds. The Morgan fingerprint density at radius 1 is 1.07 bits per heavy atom. The maximum atomic E-state index is 12.7. The Labute approximate surface area is 157 Å². The van der Waals surface area contributed by atoms with Gasteiger partial charge in [0.25, 0.3) is 5.69 Å². The first-order chi connectivity index (χ1) is 12.9. The number of furan rings is 1. The van der Waals surface area contributed by atoms with E-state index in [4.69, 9.17) is 4.42 Å². The van der Waals surface area contributed by atoms with Crippen molar-refractivity contribution < 1.29 is 24.0 Å². The highest BCUT2D eigenvalue weighted by molar-refractivity contribution is 7.99. The smallest absolute Gasteiger partial charge is 0.336 e. The first kappa shape index (κ1) is 18.4. The first-order valence-corrected chi connectivity index (χ1v) is 8.57. The van der Waals surface area contributed by atoms with Crippen molar-refractivity contribution in [3.05, 3.63) is 87.4 Å². The van der Waals surface area contributed by atoms with Crippen LogP contribution in [0.15, 0.2) is 69.0 Å². The van der Waals surface area contributed by atoms with Crippen molar-refractivity contribution in [1.29, 1.82) is 0 Å². The number of nitrogens with zero attached hydrogens (tertiary/aromatic N) is 1. The molecule has 1 heterocycles. The van der Waals surface area contributed by atoms with Gasteiger partial charge in [0.2, 0.25) is 0 Å². The Balaban J connectivity index is 2.02. The Morgan fingerprint density at radius 2 is 1.78 bits per heavy atom. The summed E-state index contributed by atoms with van der Waals surface area (Å²) in [5.41, 5.74) is -0.370. The van der Waals surface area contributed by atoms with Crippen LogP contribution in [0.5, 0.6) is 0 Å². The van der Waals surface area contributed by atoms with Crippen molar-refractivity contribution in [1.82, 2.24) is 0 Å². The van der Waals surface area contributed by atoms with Crippen LogP contribution in [0, 0.1) is 17.0 Å². The van der Waals surface area contributed by atoms with Gasteiger partial charge >= 0.3 is 5.97 Å². The van der Waals surface area contributed by atoms with Gasteiger partial charge in [-0.05, 0) is 31.2 Å². The highest BCUT2D eigenvalue weighted by Crippen LogP contribution is 2.37. The molecule has 0 unspecified atom stereocenters. The van der Waals surface area contributed by atoms with E-state index in [1.807, 2.05) is 0 Å². The molecule has 0 aliphatic heterocycles. The number of hydrogen-bond donors (Lipinski definition) is 1. The zero-order valence-electron chi connectivity index (χ0n) is 14.0. The van der Waals surface area contributed by atoms with Crippen LogP contribution in [0.25, 0.3) is 0 Å². The van der Waals surface area contributed by atoms with Crippen LogP contribution in [0.3, 0.4) is 0 Å². The van der Waals surface area contributed by atoms with E-state index in [0.717, 1.165) is 16.7 Å². The molecule has 7 nitrogen and oxygen atoms in total. The molecule has 8 heteroatoms. The van der Waals surface area contributed by atoms with Gasteiger partial charge < -0.3 is 9.52 Å². The minimum atomic E-state index is -1.24. The Hall–Kier alpha value is -3.39. The van der Waals surface area contributed by atoms with Gasteiger partial charge in [-0.2, -0.15) is 0 Å². The van der Waals surface area contributed by atoms with E-state index in [9.17, 15) is 24.8 Å². The minimum absolute atomic E-state index is 0.0228. The van der Waals surface area contributed by atoms with E-state index in [0.29, 0.717) is 10.7 Å². The highest BCUT2D eigenvalue weighted by Gasteiger charge is 2.22. The number of aryl methyl sites for hydroxylation is 1. The van der Waals surface area contributed by atoms with E-state index in [1.54, 1.807) is 19.1 Å². The molecule has 3 aromatic rings. The maximum absolute atomic E-state index is 12.7. The number of aromatic carboxylic acids is 1. The Kier molecular flexibility index (Phi) is 5.09. The van der Waals surface area contributed by atoms with Crippen LogP contribution in [0.1, 0.15) is 32.0 Å². The van der Waals surface area contributed by atoms with Gasteiger partial charge in [0.1, 0.15) is 5.76 Å². The van der Waals surface area contributed by atoms with Crippen LogP contribution in [0.2, 0.25) is 0 Å². The van der Waals surface area contributed by atoms with Crippen LogP contribution >= 0.6 is 11.8 Å². The number of hydrogen-bond acceptors (Lipinski definition) is 6. The lowest BCUT2D eigenvalue weighted by Crippen LogP contribution is -2.10. The Bertz CT molecular complexity index is 1060. The van der Waals surface area contributed by atoms with Gasteiger partial charge in [0, 0.05) is 17.2 Å². The summed E-state index contributed by atoms with van der Waals surface area (Å²) in [7, 11) is 0. The lowest BCUT2D eigenvalue weighted by molar-refractivity contribution is -0.387. The van der Waals surface area contributed by atoms with Crippen LogP contribution < -0.4 is 0 Å². The average Bonchev–Trinajstić information content (AvgIpc) is 3.06. The molecule has 0 saturated carbocycles. The molecule has 27 heavy (non-hydrogen) atoms. The number of nitro groups is 1. The molecule has 0 aliphatic carbocycles. The van der Waals surface area contributed by atoms with Gasteiger partial charge in [-0.15, -0.1) is 0 Å². The van der Waals surface area contributed by atoms with Crippen molar-refractivity contribution in [3.63, 3.8) is 0 Å². The number of carbonyl (C=O) groups is 2. The predicted octanol–water partition coefficient (Wildman–Crippen LogP) is 4.58. The summed E-state index contributed by atoms with van der Waals surface area (Å²) in [5.74, 6) is -1.20. The van der Waals surface area contributed by atoms with Crippen LogP contribution in [0.4, 0.5) is 5.69 Å². The number of ketones is 1. The SMILES string of the molecule is Cc1occc1Sc1ccc(C(=O)c2ccccc2C(=O)O)cc1[N+](=O)[O-]. The number of benzene rings is 2. The fourth-order valence-electron chi connectivity index (χ4n) is 2.51. The molecule has 2 aromatic carbocycles. The summed E-state index contributed by atoms with van der Waals surface area (Å²) < 4.78 is 5.19. The topological polar surface area (TPSA) is 111 Å².